The summed E-state index contributed by atoms with van der Waals surface area (Å²) < 4.78 is 17.0. The van der Waals surface area contributed by atoms with Crippen molar-refractivity contribution in [3.05, 3.63) is 29.8 Å². The summed E-state index contributed by atoms with van der Waals surface area (Å²) in [6, 6.07) is 7.39. The minimum absolute atomic E-state index is 0.293. The van der Waals surface area contributed by atoms with Gasteiger partial charge < -0.3 is 14.2 Å². The quantitative estimate of drug-likeness (QED) is 0.493. The molecule has 0 radical (unpaired) electrons. The molecule has 2 aromatic rings. The van der Waals surface area contributed by atoms with Gasteiger partial charge >= 0.3 is 11.9 Å². The first-order valence-corrected chi connectivity index (χ1v) is 9.12. The van der Waals surface area contributed by atoms with Crippen LogP contribution in [0.2, 0.25) is 0 Å². The monoisotopic (exact) mass is 358 g/mol. The van der Waals surface area contributed by atoms with E-state index in [-0.39, 0.29) is 11.9 Å². The Balaban J connectivity index is 2.65. The summed E-state index contributed by atoms with van der Waals surface area (Å²) in [5.41, 5.74) is 0.648. The molecule has 0 fully saturated rings. The van der Waals surface area contributed by atoms with Gasteiger partial charge in [-0.05, 0) is 26.7 Å². The van der Waals surface area contributed by atoms with Crippen molar-refractivity contribution in [2.45, 2.75) is 53.4 Å². The number of carbonyl (C=O) groups is 2. The first kappa shape index (κ1) is 19.8. The van der Waals surface area contributed by atoms with Crippen molar-refractivity contribution in [2.24, 2.45) is 0 Å². The van der Waals surface area contributed by atoms with Crippen LogP contribution in [-0.4, -0.2) is 18.5 Å². The lowest BCUT2D eigenvalue weighted by Crippen LogP contribution is -2.12. The molecular formula is C21H26O5. The summed E-state index contributed by atoms with van der Waals surface area (Å²) >= 11 is 0. The number of fused-ring (bicyclic) bond motifs is 1. The highest BCUT2D eigenvalue weighted by Gasteiger charge is 2.23. The molecule has 0 aromatic heterocycles. The van der Waals surface area contributed by atoms with Gasteiger partial charge in [0.1, 0.15) is 5.75 Å². The molecule has 5 nitrogen and oxygen atoms in total. The molecule has 0 amide bonds. The molecule has 0 saturated heterocycles. The van der Waals surface area contributed by atoms with E-state index in [4.69, 9.17) is 14.2 Å². The molecule has 0 spiro atoms. The molecule has 2 rings (SSSR count). The lowest BCUT2D eigenvalue weighted by molar-refractivity contribution is -0.135. The van der Waals surface area contributed by atoms with E-state index < -0.39 is 0 Å². The number of rotatable bonds is 8. The second-order valence-electron chi connectivity index (χ2n) is 6.04. The minimum Gasteiger partial charge on any atom is -0.490 e. The van der Waals surface area contributed by atoms with Crippen molar-refractivity contribution in [1.82, 2.24) is 0 Å². The van der Waals surface area contributed by atoms with Crippen LogP contribution in [-0.2, 0) is 9.59 Å². The number of esters is 2. The van der Waals surface area contributed by atoms with E-state index in [0.717, 1.165) is 5.39 Å². The molecule has 0 aliphatic rings. The van der Waals surface area contributed by atoms with Gasteiger partial charge in [-0.25, -0.2) is 0 Å². The largest absolute Gasteiger partial charge is 0.490 e. The van der Waals surface area contributed by atoms with E-state index in [1.165, 1.54) is 0 Å². The Kier molecular flexibility index (Phi) is 7.01. The van der Waals surface area contributed by atoms with Crippen LogP contribution in [0.25, 0.3) is 10.8 Å². The molecule has 26 heavy (non-hydrogen) atoms. The molecule has 0 saturated carbocycles. The fraction of sp³-hybridized carbons (Fsp3) is 0.429. The van der Waals surface area contributed by atoms with E-state index in [9.17, 15) is 9.59 Å². The van der Waals surface area contributed by atoms with Crippen molar-refractivity contribution in [3.8, 4) is 17.2 Å². The van der Waals surface area contributed by atoms with Gasteiger partial charge in [0.05, 0.1) is 6.61 Å². The van der Waals surface area contributed by atoms with Gasteiger partial charge in [0.25, 0.3) is 0 Å². The Morgan fingerprint density at radius 2 is 1.31 bits per heavy atom. The number of hydrogen-bond acceptors (Lipinski definition) is 5. The lowest BCUT2D eigenvalue weighted by Gasteiger charge is -2.19. The van der Waals surface area contributed by atoms with Gasteiger partial charge in [0.15, 0.2) is 11.5 Å². The molecule has 0 aliphatic heterocycles. The summed E-state index contributed by atoms with van der Waals surface area (Å²) in [5.74, 6) is 0.675. The molecule has 2 aromatic carbocycles. The van der Waals surface area contributed by atoms with Crippen molar-refractivity contribution < 1.29 is 23.8 Å². The van der Waals surface area contributed by atoms with Gasteiger partial charge in [-0.2, -0.15) is 0 Å². The number of ether oxygens (including phenoxy) is 3. The van der Waals surface area contributed by atoms with E-state index in [2.05, 4.69) is 0 Å². The number of hydrogen-bond donors (Lipinski definition) is 0. The summed E-state index contributed by atoms with van der Waals surface area (Å²) in [6.45, 7) is 7.91. The van der Waals surface area contributed by atoms with Gasteiger partial charge in [-0.15, -0.1) is 0 Å². The van der Waals surface area contributed by atoms with Crippen LogP contribution in [0.15, 0.2) is 24.3 Å². The molecule has 140 valence electrons. The SMILES string of the molecule is CCCC(=O)Oc1c(C)c(OCC)c(OC(=O)CCC)c2ccccc12. The minimum atomic E-state index is -0.311. The van der Waals surface area contributed by atoms with E-state index in [1.807, 2.05) is 52.0 Å². The maximum Gasteiger partial charge on any atom is 0.311 e. The normalized spacial score (nSPS) is 10.6. The third kappa shape index (κ3) is 4.34. The van der Waals surface area contributed by atoms with Crippen molar-refractivity contribution in [1.29, 1.82) is 0 Å². The van der Waals surface area contributed by atoms with E-state index in [1.54, 1.807) is 0 Å². The van der Waals surface area contributed by atoms with Crippen LogP contribution < -0.4 is 14.2 Å². The smallest absolute Gasteiger partial charge is 0.311 e. The Morgan fingerprint density at radius 3 is 1.81 bits per heavy atom. The highest BCUT2D eigenvalue weighted by Crippen LogP contribution is 2.45. The average Bonchev–Trinajstić information content (AvgIpc) is 2.62. The summed E-state index contributed by atoms with van der Waals surface area (Å²) in [5, 5.41) is 1.41. The maximum atomic E-state index is 12.1. The van der Waals surface area contributed by atoms with E-state index in [0.29, 0.717) is 60.5 Å². The predicted octanol–water partition coefficient (Wildman–Crippen LogP) is 4.96. The molecule has 0 N–H and O–H groups in total. The highest BCUT2D eigenvalue weighted by molar-refractivity contribution is 5.99. The zero-order chi connectivity index (χ0) is 19.1. The zero-order valence-corrected chi connectivity index (χ0v) is 15.9. The summed E-state index contributed by atoms with van der Waals surface area (Å²) in [4.78, 5) is 24.2. The Morgan fingerprint density at radius 1 is 0.808 bits per heavy atom. The van der Waals surface area contributed by atoms with Crippen LogP contribution in [0.4, 0.5) is 0 Å². The molecule has 0 aliphatic carbocycles. The van der Waals surface area contributed by atoms with Crippen LogP contribution in [0, 0.1) is 6.92 Å². The third-order valence-electron chi connectivity index (χ3n) is 3.93. The van der Waals surface area contributed by atoms with E-state index >= 15 is 0 Å². The topological polar surface area (TPSA) is 61.8 Å². The van der Waals surface area contributed by atoms with Gasteiger partial charge in [-0.1, -0.05) is 38.1 Å². The molecule has 0 bridgehead atoms. The molecule has 0 atom stereocenters. The van der Waals surface area contributed by atoms with Crippen LogP contribution >= 0.6 is 0 Å². The van der Waals surface area contributed by atoms with Crippen molar-refractivity contribution in [2.75, 3.05) is 6.61 Å². The van der Waals surface area contributed by atoms with Gasteiger partial charge in [0, 0.05) is 29.2 Å². The fourth-order valence-electron chi connectivity index (χ4n) is 2.77. The third-order valence-corrected chi connectivity index (χ3v) is 3.93. The summed E-state index contributed by atoms with van der Waals surface area (Å²) in [6.07, 6.45) is 2.07. The number of benzene rings is 2. The molecular weight excluding hydrogens is 332 g/mol. The molecule has 0 unspecified atom stereocenters. The zero-order valence-electron chi connectivity index (χ0n) is 15.9. The Bertz CT molecular complexity index is 795. The van der Waals surface area contributed by atoms with Crippen LogP contribution in [0.5, 0.6) is 17.2 Å². The molecule has 5 heteroatoms. The Labute approximate surface area is 154 Å². The first-order valence-electron chi connectivity index (χ1n) is 9.12. The first-order chi connectivity index (χ1) is 12.5. The fourth-order valence-corrected chi connectivity index (χ4v) is 2.77. The van der Waals surface area contributed by atoms with Crippen molar-refractivity contribution in [3.63, 3.8) is 0 Å². The number of carbonyl (C=O) groups excluding carboxylic acids is 2. The lowest BCUT2D eigenvalue weighted by atomic mass is 10.0. The van der Waals surface area contributed by atoms with Crippen molar-refractivity contribution >= 4 is 22.7 Å². The standard InChI is InChI=1S/C21H26O5/c1-5-10-17(22)25-19-14(4)20(24-7-3)21(26-18(23)11-6-2)16-13-9-8-12-15(16)19/h8-9,12-13H,5-7,10-11H2,1-4H3. The van der Waals surface area contributed by atoms with Crippen LogP contribution in [0.3, 0.4) is 0 Å². The van der Waals surface area contributed by atoms with Crippen LogP contribution in [0.1, 0.15) is 52.0 Å². The predicted molar refractivity (Wildman–Crippen MR) is 101 cm³/mol. The second-order valence-corrected chi connectivity index (χ2v) is 6.04. The average molecular weight is 358 g/mol. The second kappa shape index (κ2) is 9.22. The Hall–Kier alpha value is -2.56. The highest BCUT2D eigenvalue weighted by atomic mass is 16.6. The molecule has 0 heterocycles. The summed E-state index contributed by atoms with van der Waals surface area (Å²) in [7, 11) is 0. The van der Waals surface area contributed by atoms with Gasteiger partial charge in [0.2, 0.25) is 0 Å². The maximum absolute atomic E-state index is 12.1. The van der Waals surface area contributed by atoms with Gasteiger partial charge in [-0.3, -0.25) is 9.59 Å².